The van der Waals surface area contributed by atoms with Crippen LogP contribution in [0.15, 0.2) is 27.8 Å². The van der Waals surface area contributed by atoms with E-state index in [0.717, 1.165) is 0 Å². The zero-order valence-corrected chi connectivity index (χ0v) is 11.0. The number of hydrogen-bond donors (Lipinski definition) is 4. The molecule has 1 atom stereocenters. The molecule has 2 rings (SSSR count). The Morgan fingerprint density at radius 2 is 1.90 bits per heavy atom. The molecule has 0 saturated carbocycles. The van der Waals surface area contributed by atoms with Gasteiger partial charge in [0.05, 0.1) is 11.0 Å². The van der Waals surface area contributed by atoms with Crippen LogP contribution >= 0.6 is 0 Å². The third-order valence-corrected chi connectivity index (χ3v) is 3.04. The van der Waals surface area contributed by atoms with Crippen LogP contribution in [-0.2, 0) is 4.79 Å². The number of anilines is 1. The monoisotopic (exact) mass is 276 g/mol. The molecule has 1 heterocycles. The maximum Gasteiger partial charge on any atom is 0.314 e. The molecule has 0 saturated heterocycles. The van der Waals surface area contributed by atoms with E-state index in [4.69, 9.17) is 5.73 Å². The summed E-state index contributed by atoms with van der Waals surface area (Å²) >= 11 is 0. The molecule has 2 aromatic rings. The SMILES string of the molecule is CC(CCN)C(=O)Nc1ccc2[nH]c(=O)c(=O)[nH]c2c1. The quantitative estimate of drug-likeness (QED) is 0.593. The Kier molecular flexibility index (Phi) is 3.99. The highest BCUT2D eigenvalue weighted by Gasteiger charge is 2.12. The summed E-state index contributed by atoms with van der Waals surface area (Å²) in [5, 5.41) is 2.74. The van der Waals surface area contributed by atoms with Crippen LogP contribution in [0.1, 0.15) is 13.3 Å². The van der Waals surface area contributed by atoms with E-state index in [-0.39, 0.29) is 11.8 Å². The minimum absolute atomic E-state index is 0.137. The average molecular weight is 276 g/mol. The molecule has 7 nitrogen and oxygen atoms in total. The number of amides is 1. The van der Waals surface area contributed by atoms with Gasteiger partial charge < -0.3 is 21.0 Å². The van der Waals surface area contributed by atoms with Gasteiger partial charge in [-0.3, -0.25) is 14.4 Å². The van der Waals surface area contributed by atoms with Crippen molar-refractivity contribution < 1.29 is 4.79 Å². The van der Waals surface area contributed by atoms with Gasteiger partial charge in [-0.2, -0.15) is 0 Å². The maximum atomic E-state index is 11.9. The van der Waals surface area contributed by atoms with Crippen molar-refractivity contribution in [3.8, 4) is 0 Å². The largest absolute Gasteiger partial charge is 0.330 e. The molecule has 0 bridgehead atoms. The second kappa shape index (κ2) is 5.70. The smallest absolute Gasteiger partial charge is 0.314 e. The van der Waals surface area contributed by atoms with Crippen LogP contribution in [0.2, 0.25) is 0 Å². The number of aromatic nitrogens is 2. The summed E-state index contributed by atoms with van der Waals surface area (Å²) in [7, 11) is 0. The Morgan fingerprint density at radius 3 is 2.55 bits per heavy atom. The van der Waals surface area contributed by atoms with Crippen molar-refractivity contribution in [2.75, 3.05) is 11.9 Å². The Morgan fingerprint density at radius 1 is 1.25 bits per heavy atom. The number of rotatable bonds is 4. The minimum atomic E-state index is -0.725. The fourth-order valence-electron chi connectivity index (χ4n) is 1.84. The lowest BCUT2D eigenvalue weighted by Crippen LogP contribution is -2.29. The lowest BCUT2D eigenvalue weighted by Gasteiger charge is -2.11. The highest BCUT2D eigenvalue weighted by molar-refractivity contribution is 5.94. The van der Waals surface area contributed by atoms with E-state index < -0.39 is 11.1 Å². The lowest BCUT2D eigenvalue weighted by atomic mass is 10.1. The van der Waals surface area contributed by atoms with E-state index in [1.807, 2.05) is 0 Å². The second-order valence-corrected chi connectivity index (χ2v) is 4.64. The molecular formula is C13H16N4O3. The van der Waals surface area contributed by atoms with Gasteiger partial charge in [0.15, 0.2) is 0 Å². The van der Waals surface area contributed by atoms with Crippen LogP contribution in [0.4, 0.5) is 5.69 Å². The average Bonchev–Trinajstić information content (AvgIpc) is 2.40. The van der Waals surface area contributed by atoms with Gasteiger partial charge in [0.1, 0.15) is 0 Å². The number of fused-ring (bicyclic) bond motifs is 1. The summed E-state index contributed by atoms with van der Waals surface area (Å²) in [5.41, 5.74) is 5.49. The van der Waals surface area contributed by atoms with Crippen LogP contribution in [0.3, 0.4) is 0 Å². The number of hydrogen-bond acceptors (Lipinski definition) is 4. The lowest BCUT2D eigenvalue weighted by molar-refractivity contribution is -0.119. The van der Waals surface area contributed by atoms with Gasteiger partial charge in [-0.05, 0) is 31.2 Å². The maximum absolute atomic E-state index is 11.9. The van der Waals surface area contributed by atoms with Gasteiger partial charge in [-0.25, -0.2) is 0 Å². The van der Waals surface area contributed by atoms with Gasteiger partial charge in [0.2, 0.25) is 5.91 Å². The summed E-state index contributed by atoms with van der Waals surface area (Å²) in [4.78, 5) is 39.2. The van der Waals surface area contributed by atoms with E-state index in [9.17, 15) is 14.4 Å². The summed E-state index contributed by atoms with van der Waals surface area (Å²) in [6, 6.07) is 4.87. The third-order valence-electron chi connectivity index (χ3n) is 3.04. The predicted molar refractivity (Wildman–Crippen MR) is 76.7 cm³/mol. The van der Waals surface area contributed by atoms with Crippen LogP contribution in [0.5, 0.6) is 0 Å². The van der Waals surface area contributed by atoms with Crippen LogP contribution in [-0.4, -0.2) is 22.4 Å². The molecular weight excluding hydrogens is 260 g/mol. The van der Waals surface area contributed by atoms with Crippen LogP contribution in [0.25, 0.3) is 11.0 Å². The fourth-order valence-corrected chi connectivity index (χ4v) is 1.84. The van der Waals surface area contributed by atoms with Crippen LogP contribution < -0.4 is 22.2 Å². The van der Waals surface area contributed by atoms with E-state index in [0.29, 0.717) is 29.7 Å². The summed E-state index contributed by atoms with van der Waals surface area (Å²) < 4.78 is 0. The molecule has 0 radical (unpaired) electrons. The first-order valence-electron chi connectivity index (χ1n) is 6.28. The molecule has 5 N–H and O–H groups in total. The summed E-state index contributed by atoms with van der Waals surface area (Å²) in [6.45, 7) is 2.24. The van der Waals surface area contributed by atoms with Crippen molar-refractivity contribution in [3.05, 3.63) is 38.9 Å². The number of nitrogens with one attached hydrogen (secondary N) is 3. The van der Waals surface area contributed by atoms with E-state index in [1.54, 1.807) is 25.1 Å². The molecule has 1 unspecified atom stereocenters. The predicted octanol–water partition coefficient (Wildman–Crippen LogP) is 0.140. The molecule has 0 aliphatic carbocycles. The first-order chi connectivity index (χ1) is 9.51. The molecule has 0 fully saturated rings. The highest BCUT2D eigenvalue weighted by Crippen LogP contribution is 2.15. The molecule has 7 heteroatoms. The molecule has 1 amide bonds. The second-order valence-electron chi connectivity index (χ2n) is 4.64. The Labute approximate surface area is 114 Å². The highest BCUT2D eigenvalue weighted by atomic mass is 16.2. The minimum Gasteiger partial charge on any atom is -0.330 e. The van der Waals surface area contributed by atoms with Crippen molar-refractivity contribution in [2.24, 2.45) is 11.7 Å². The van der Waals surface area contributed by atoms with E-state index in [2.05, 4.69) is 15.3 Å². The van der Waals surface area contributed by atoms with Crippen LogP contribution in [0, 0.1) is 5.92 Å². The first-order valence-corrected chi connectivity index (χ1v) is 6.28. The zero-order chi connectivity index (χ0) is 14.7. The van der Waals surface area contributed by atoms with Gasteiger partial charge in [-0.1, -0.05) is 6.92 Å². The van der Waals surface area contributed by atoms with Crippen molar-refractivity contribution in [2.45, 2.75) is 13.3 Å². The fraction of sp³-hybridized carbons (Fsp3) is 0.308. The van der Waals surface area contributed by atoms with Gasteiger partial charge in [0, 0.05) is 11.6 Å². The number of aromatic amines is 2. The van der Waals surface area contributed by atoms with E-state index in [1.165, 1.54) is 0 Å². The van der Waals surface area contributed by atoms with Crippen molar-refractivity contribution in [1.82, 2.24) is 9.97 Å². The Balaban J connectivity index is 2.28. The third kappa shape index (κ3) is 2.94. The van der Waals surface area contributed by atoms with Crippen molar-refractivity contribution >= 4 is 22.6 Å². The summed E-state index contributed by atoms with van der Waals surface area (Å²) in [6.07, 6.45) is 0.601. The van der Waals surface area contributed by atoms with Crippen molar-refractivity contribution in [1.29, 1.82) is 0 Å². The molecule has 1 aromatic carbocycles. The topological polar surface area (TPSA) is 121 Å². The summed E-state index contributed by atoms with van der Waals surface area (Å²) in [5.74, 6) is -0.327. The molecule has 0 spiro atoms. The number of carbonyl (C=O) groups excluding carboxylic acids is 1. The molecule has 0 aliphatic heterocycles. The number of H-pyrrole nitrogens is 2. The zero-order valence-electron chi connectivity index (χ0n) is 11.0. The Hall–Kier alpha value is -2.41. The number of benzene rings is 1. The first kappa shape index (κ1) is 14.0. The van der Waals surface area contributed by atoms with Gasteiger partial charge in [-0.15, -0.1) is 0 Å². The van der Waals surface area contributed by atoms with E-state index >= 15 is 0 Å². The van der Waals surface area contributed by atoms with Crippen molar-refractivity contribution in [3.63, 3.8) is 0 Å². The molecule has 20 heavy (non-hydrogen) atoms. The number of carbonyl (C=O) groups is 1. The molecule has 0 aliphatic rings. The normalized spacial score (nSPS) is 12.3. The molecule has 106 valence electrons. The standard InChI is InChI=1S/C13H16N4O3/c1-7(4-5-14)11(18)15-8-2-3-9-10(6-8)17-13(20)12(19)16-9/h2-3,6-7H,4-5,14H2,1H3,(H,15,18)(H,16,19)(H,17,20). The van der Waals surface area contributed by atoms with Gasteiger partial charge in [0.25, 0.3) is 0 Å². The van der Waals surface area contributed by atoms with Gasteiger partial charge >= 0.3 is 11.1 Å². The Bertz CT molecular complexity index is 747. The molecule has 1 aromatic heterocycles. The number of nitrogens with two attached hydrogens (primary N) is 1.